The summed E-state index contributed by atoms with van der Waals surface area (Å²) in [5.74, 6) is 0. The Hall–Kier alpha value is -1.60. The smallest absolute Gasteiger partial charge is 0.296 e. The number of aryl methyl sites for hydroxylation is 1. The average molecular weight is 344 g/mol. The molecule has 0 aliphatic rings. The van der Waals surface area contributed by atoms with Gasteiger partial charge in [-0.05, 0) is 30.7 Å². The molecule has 0 aliphatic carbocycles. The third-order valence-corrected chi connectivity index (χ3v) is 6.17. The molecule has 1 heterocycles. The fourth-order valence-electron chi connectivity index (χ4n) is 1.84. The van der Waals surface area contributed by atoms with E-state index in [0.717, 1.165) is 9.54 Å². The lowest BCUT2D eigenvalue weighted by atomic mass is 10.3. The van der Waals surface area contributed by atoms with E-state index in [1.807, 2.05) is 0 Å². The van der Waals surface area contributed by atoms with Gasteiger partial charge in [0.25, 0.3) is 10.0 Å². The lowest BCUT2D eigenvalue weighted by molar-refractivity contribution is 0.281. The van der Waals surface area contributed by atoms with Crippen molar-refractivity contribution >= 4 is 23.5 Å². The summed E-state index contributed by atoms with van der Waals surface area (Å²) in [7, 11) is -5.00. The largest absolute Gasteiger partial charge is 0.432 e. The topological polar surface area (TPSA) is 86.6 Å². The second-order valence-corrected chi connectivity index (χ2v) is 8.25. The van der Waals surface area contributed by atoms with E-state index in [9.17, 15) is 13.0 Å². The van der Waals surface area contributed by atoms with Gasteiger partial charge in [-0.3, -0.25) is 14.1 Å². The minimum Gasteiger partial charge on any atom is -0.296 e. The fourth-order valence-corrected chi connectivity index (χ4v) is 4.14. The highest BCUT2D eigenvalue weighted by atomic mass is 32.2. The Morgan fingerprint density at radius 3 is 2.32 bits per heavy atom. The van der Waals surface area contributed by atoms with Crippen LogP contribution in [0.1, 0.15) is 5.56 Å². The summed E-state index contributed by atoms with van der Waals surface area (Å²) in [4.78, 5) is -0.0278. The lowest BCUT2D eigenvalue weighted by Gasteiger charge is -2.18. The summed E-state index contributed by atoms with van der Waals surface area (Å²) in [5.41, 5.74) is 0.953. The number of hydrogen-bond donors (Lipinski definition) is 1. The van der Waals surface area contributed by atoms with Gasteiger partial charge in [-0.1, -0.05) is 12.1 Å². The molecule has 7 nitrogen and oxygen atoms in total. The van der Waals surface area contributed by atoms with Crippen LogP contribution >= 0.6 is 7.75 Å². The summed E-state index contributed by atoms with van der Waals surface area (Å²) in [5, 5.41) is 2.52. The molecule has 0 spiro atoms. The third-order valence-electron chi connectivity index (χ3n) is 3.00. The highest BCUT2D eigenvalue weighted by Crippen LogP contribution is 2.47. The second kappa shape index (κ2) is 6.26. The Balaban J connectivity index is 2.51. The maximum atomic E-state index is 12.7. The van der Waals surface area contributed by atoms with Gasteiger partial charge in [0.15, 0.2) is 0 Å². The first kappa shape index (κ1) is 16.8. The SMILES string of the molecule is COP(=O)(Nc1ccccc1S(=O)(=O)n1ccc(C)c1)OC. The molecule has 2 aromatic rings. The molecule has 0 unspecified atom stereocenters. The van der Waals surface area contributed by atoms with Gasteiger partial charge in [0.05, 0.1) is 5.69 Å². The molecule has 0 saturated carbocycles. The Morgan fingerprint density at radius 1 is 1.14 bits per heavy atom. The van der Waals surface area contributed by atoms with Gasteiger partial charge in [0.2, 0.25) is 0 Å². The van der Waals surface area contributed by atoms with Crippen molar-refractivity contribution in [1.29, 1.82) is 0 Å². The summed E-state index contributed by atoms with van der Waals surface area (Å²) in [6.07, 6.45) is 2.95. The van der Waals surface area contributed by atoms with Gasteiger partial charge in [-0.2, -0.15) is 0 Å². The number of rotatable bonds is 6. The van der Waals surface area contributed by atoms with E-state index < -0.39 is 17.8 Å². The minimum atomic E-state index is -3.82. The maximum Gasteiger partial charge on any atom is 0.432 e. The van der Waals surface area contributed by atoms with Gasteiger partial charge in [0, 0.05) is 26.6 Å². The van der Waals surface area contributed by atoms with E-state index in [4.69, 9.17) is 9.05 Å². The van der Waals surface area contributed by atoms with Crippen LogP contribution in [0.2, 0.25) is 0 Å². The van der Waals surface area contributed by atoms with Crippen molar-refractivity contribution in [3.63, 3.8) is 0 Å². The molecule has 2 rings (SSSR count). The zero-order valence-electron chi connectivity index (χ0n) is 12.4. The Kier molecular flexibility index (Phi) is 4.77. The molecule has 1 aromatic heterocycles. The number of para-hydroxylation sites is 1. The predicted octanol–water partition coefficient (Wildman–Crippen LogP) is 2.85. The molecule has 0 atom stereocenters. The number of aromatic nitrogens is 1. The summed E-state index contributed by atoms with van der Waals surface area (Å²) in [6.45, 7) is 1.79. The number of hydrogen-bond acceptors (Lipinski definition) is 5. The maximum absolute atomic E-state index is 12.7. The van der Waals surface area contributed by atoms with E-state index in [1.54, 1.807) is 25.1 Å². The van der Waals surface area contributed by atoms with Crippen LogP contribution in [0.3, 0.4) is 0 Å². The molecule has 9 heteroatoms. The molecule has 0 bridgehead atoms. The number of benzene rings is 1. The molecule has 22 heavy (non-hydrogen) atoms. The summed E-state index contributed by atoms with van der Waals surface area (Å²) in [6, 6.07) is 7.80. The van der Waals surface area contributed by atoms with Gasteiger partial charge >= 0.3 is 7.75 Å². The first-order valence-corrected chi connectivity index (χ1v) is 9.30. The number of anilines is 1. The van der Waals surface area contributed by atoms with Crippen molar-refractivity contribution < 1.29 is 22.0 Å². The van der Waals surface area contributed by atoms with Crippen LogP contribution in [0, 0.1) is 6.92 Å². The summed E-state index contributed by atoms with van der Waals surface area (Å²) < 4.78 is 48.2. The van der Waals surface area contributed by atoms with Gasteiger partial charge < -0.3 is 0 Å². The normalized spacial score (nSPS) is 12.3. The monoisotopic (exact) mass is 344 g/mol. The van der Waals surface area contributed by atoms with Crippen molar-refractivity contribution in [3.05, 3.63) is 48.3 Å². The number of nitrogens with one attached hydrogen (secondary N) is 1. The van der Waals surface area contributed by atoms with Gasteiger partial charge in [-0.15, -0.1) is 0 Å². The fraction of sp³-hybridized carbons (Fsp3) is 0.231. The van der Waals surface area contributed by atoms with Gasteiger partial charge in [0.1, 0.15) is 4.90 Å². The molecule has 1 N–H and O–H groups in total. The van der Waals surface area contributed by atoms with Crippen LogP contribution in [0.15, 0.2) is 47.6 Å². The van der Waals surface area contributed by atoms with E-state index in [0.29, 0.717) is 0 Å². The molecule has 0 radical (unpaired) electrons. The summed E-state index contributed by atoms with van der Waals surface area (Å²) >= 11 is 0. The van der Waals surface area contributed by atoms with E-state index in [2.05, 4.69) is 5.09 Å². The Bertz CT molecular complexity index is 807. The van der Waals surface area contributed by atoms with E-state index in [1.165, 1.54) is 38.7 Å². The molecular formula is C13H17N2O5PS. The van der Waals surface area contributed by atoms with Crippen molar-refractivity contribution in [2.75, 3.05) is 19.3 Å². The Labute approximate surface area is 129 Å². The molecule has 120 valence electrons. The number of nitrogens with zero attached hydrogens (tertiary/aromatic N) is 1. The van der Waals surface area contributed by atoms with Crippen LogP contribution < -0.4 is 5.09 Å². The van der Waals surface area contributed by atoms with Crippen molar-refractivity contribution in [2.45, 2.75) is 11.8 Å². The minimum absolute atomic E-state index is 0.0278. The van der Waals surface area contributed by atoms with Crippen molar-refractivity contribution in [2.24, 2.45) is 0 Å². The Morgan fingerprint density at radius 2 is 1.77 bits per heavy atom. The van der Waals surface area contributed by atoms with E-state index >= 15 is 0 Å². The van der Waals surface area contributed by atoms with Gasteiger partial charge in [-0.25, -0.2) is 17.0 Å². The second-order valence-electron chi connectivity index (χ2n) is 4.49. The van der Waals surface area contributed by atoms with Crippen LogP contribution in [-0.4, -0.2) is 26.6 Å². The van der Waals surface area contributed by atoms with Crippen LogP contribution in [0.5, 0.6) is 0 Å². The average Bonchev–Trinajstić information content (AvgIpc) is 2.95. The molecule has 0 fully saturated rings. The zero-order chi connectivity index (χ0) is 16.4. The predicted molar refractivity (Wildman–Crippen MR) is 83.4 cm³/mol. The first-order valence-electron chi connectivity index (χ1n) is 6.31. The highest BCUT2D eigenvalue weighted by molar-refractivity contribution is 7.90. The standard InChI is InChI=1S/C13H17N2O5PS/c1-11-8-9-15(10-11)22(17,18)13-7-5-4-6-12(13)14-21(16,19-2)20-3/h4-10H,1-3H3,(H,14,16). The van der Waals surface area contributed by atoms with Crippen molar-refractivity contribution in [1.82, 2.24) is 3.97 Å². The van der Waals surface area contributed by atoms with Crippen LogP contribution in [-0.2, 0) is 23.6 Å². The highest BCUT2D eigenvalue weighted by Gasteiger charge is 2.26. The molecule has 0 amide bonds. The van der Waals surface area contributed by atoms with Crippen LogP contribution in [0.4, 0.5) is 5.69 Å². The molecule has 0 aliphatic heterocycles. The molecule has 1 aromatic carbocycles. The quantitative estimate of drug-likeness (QED) is 0.811. The van der Waals surface area contributed by atoms with E-state index in [-0.39, 0.29) is 10.6 Å². The third kappa shape index (κ3) is 3.25. The van der Waals surface area contributed by atoms with Crippen LogP contribution in [0.25, 0.3) is 0 Å². The zero-order valence-corrected chi connectivity index (χ0v) is 14.1. The molecule has 0 saturated heterocycles. The van der Waals surface area contributed by atoms with Crippen molar-refractivity contribution in [3.8, 4) is 0 Å². The lowest BCUT2D eigenvalue weighted by Crippen LogP contribution is -2.13. The molecular weight excluding hydrogens is 327 g/mol. The first-order chi connectivity index (χ1) is 10.3.